The van der Waals surface area contributed by atoms with Gasteiger partial charge in [0.1, 0.15) is 6.61 Å². The van der Waals surface area contributed by atoms with Crippen molar-refractivity contribution in [2.24, 2.45) is 0 Å². The third kappa shape index (κ3) is 4.44. The Bertz CT molecular complexity index is 887. The number of aromatic nitrogens is 2. The van der Waals surface area contributed by atoms with Crippen molar-refractivity contribution in [3.63, 3.8) is 0 Å². The molecule has 124 valence electrons. The summed E-state index contributed by atoms with van der Waals surface area (Å²) in [5.74, 6) is -0.430. The van der Waals surface area contributed by atoms with E-state index in [1.165, 1.54) is 10.8 Å². The summed E-state index contributed by atoms with van der Waals surface area (Å²) in [7, 11) is 0. The SMILES string of the molecule is C=C=C(CCn1cc(C)c(=O)[nH]c1=O)COC(=O)c1ccccc1. The van der Waals surface area contributed by atoms with Crippen LogP contribution in [0.2, 0.25) is 0 Å². The van der Waals surface area contributed by atoms with Gasteiger partial charge in [0, 0.05) is 23.9 Å². The lowest BCUT2D eigenvalue weighted by Crippen LogP contribution is -2.31. The number of carbonyl (C=O) groups excluding carboxylic acids is 1. The van der Waals surface area contributed by atoms with E-state index in [1.54, 1.807) is 31.2 Å². The summed E-state index contributed by atoms with van der Waals surface area (Å²) in [4.78, 5) is 37.2. The van der Waals surface area contributed by atoms with Gasteiger partial charge in [-0.15, -0.1) is 5.73 Å². The van der Waals surface area contributed by atoms with Crippen LogP contribution in [0.3, 0.4) is 0 Å². The summed E-state index contributed by atoms with van der Waals surface area (Å²) in [6, 6.07) is 8.66. The van der Waals surface area contributed by atoms with Gasteiger partial charge in [-0.05, 0) is 25.5 Å². The second kappa shape index (κ2) is 7.94. The van der Waals surface area contributed by atoms with Crippen LogP contribution in [-0.4, -0.2) is 22.1 Å². The van der Waals surface area contributed by atoms with Crippen LogP contribution in [0, 0.1) is 6.92 Å². The standard InChI is InChI=1S/C18H18N2O4/c1-3-14(12-24-17(22)15-7-5-4-6-8-15)9-10-20-11-13(2)16(21)19-18(20)23/h4-8,11H,1,9-10,12H2,2H3,(H,19,21,23). The molecule has 0 atom stereocenters. The zero-order chi connectivity index (χ0) is 17.5. The lowest BCUT2D eigenvalue weighted by molar-refractivity contribution is 0.0537. The van der Waals surface area contributed by atoms with Gasteiger partial charge in [-0.25, -0.2) is 9.59 Å². The van der Waals surface area contributed by atoms with Crippen LogP contribution in [0.15, 0.2) is 64.0 Å². The highest BCUT2D eigenvalue weighted by Gasteiger charge is 2.08. The van der Waals surface area contributed by atoms with E-state index < -0.39 is 17.2 Å². The topological polar surface area (TPSA) is 81.2 Å². The van der Waals surface area contributed by atoms with E-state index in [1.807, 2.05) is 6.07 Å². The number of hydrogen-bond acceptors (Lipinski definition) is 4. The summed E-state index contributed by atoms with van der Waals surface area (Å²) in [6.07, 6.45) is 1.93. The Balaban J connectivity index is 1.95. The number of benzene rings is 1. The molecule has 2 rings (SSSR count). The normalized spacial score (nSPS) is 10.0. The maximum absolute atomic E-state index is 11.9. The van der Waals surface area contributed by atoms with Crippen LogP contribution < -0.4 is 11.2 Å². The Morgan fingerprint density at radius 1 is 1.29 bits per heavy atom. The predicted octanol–water partition coefficient (Wildman–Crippen LogP) is 1.80. The van der Waals surface area contributed by atoms with Gasteiger partial charge in [-0.1, -0.05) is 24.8 Å². The van der Waals surface area contributed by atoms with Gasteiger partial charge < -0.3 is 4.74 Å². The fourth-order valence-corrected chi connectivity index (χ4v) is 2.06. The lowest BCUT2D eigenvalue weighted by Gasteiger charge is -2.09. The quantitative estimate of drug-likeness (QED) is 0.648. The Morgan fingerprint density at radius 3 is 2.67 bits per heavy atom. The molecule has 0 unspecified atom stereocenters. The highest BCUT2D eigenvalue weighted by atomic mass is 16.5. The van der Waals surface area contributed by atoms with Gasteiger partial charge >= 0.3 is 11.7 Å². The molecule has 0 aliphatic heterocycles. The molecule has 0 radical (unpaired) electrons. The van der Waals surface area contributed by atoms with E-state index in [4.69, 9.17) is 4.74 Å². The molecular formula is C18H18N2O4. The van der Waals surface area contributed by atoms with Crippen molar-refractivity contribution in [2.45, 2.75) is 19.9 Å². The number of rotatable bonds is 6. The van der Waals surface area contributed by atoms with Crippen LogP contribution in [-0.2, 0) is 11.3 Å². The van der Waals surface area contributed by atoms with Crippen molar-refractivity contribution >= 4 is 5.97 Å². The van der Waals surface area contributed by atoms with Crippen LogP contribution in [0.4, 0.5) is 0 Å². The molecule has 0 bridgehead atoms. The number of nitrogens with zero attached hydrogens (tertiary/aromatic N) is 1. The molecule has 0 amide bonds. The van der Waals surface area contributed by atoms with Crippen molar-refractivity contribution in [3.05, 3.63) is 86.4 Å². The Morgan fingerprint density at radius 2 is 2.00 bits per heavy atom. The molecule has 2 aromatic rings. The zero-order valence-electron chi connectivity index (χ0n) is 13.4. The van der Waals surface area contributed by atoms with Crippen LogP contribution in [0.25, 0.3) is 0 Å². The van der Waals surface area contributed by atoms with Crippen LogP contribution >= 0.6 is 0 Å². The number of ether oxygens (including phenoxy) is 1. The number of hydrogen-bond donors (Lipinski definition) is 1. The Hall–Kier alpha value is -3.11. The maximum atomic E-state index is 11.9. The van der Waals surface area contributed by atoms with Crippen molar-refractivity contribution in [1.82, 2.24) is 9.55 Å². The van der Waals surface area contributed by atoms with Gasteiger partial charge in [0.15, 0.2) is 0 Å². The second-order valence-electron chi connectivity index (χ2n) is 5.24. The number of aryl methyl sites for hydroxylation is 2. The average molecular weight is 326 g/mol. The van der Waals surface area contributed by atoms with Gasteiger partial charge in [0.25, 0.3) is 5.56 Å². The maximum Gasteiger partial charge on any atom is 0.338 e. The molecule has 0 fully saturated rings. The molecule has 1 aromatic carbocycles. The molecule has 0 aliphatic carbocycles. The highest BCUT2D eigenvalue weighted by molar-refractivity contribution is 5.89. The first-order valence-corrected chi connectivity index (χ1v) is 7.41. The van der Waals surface area contributed by atoms with E-state index in [0.717, 1.165) is 0 Å². The van der Waals surface area contributed by atoms with Crippen molar-refractivity contribution in [2.75, 3.05) is 6.61 Å². The molecule has 0 saturated carbocycles. The van der Waals surface area contributed by atoms with Crippen molar-refractivity contribution in [1.29, 1.82) is 0 Å². The largest absolute Gasteiger partial charge is 0.457 e. The summed E-state index contributed by atoms with van der Waals surface area (Å²) in [5, 5.41) is 0. The average Bonchev–Trinajstić information content (AvgIpc) is 2.59. The highest BCUT2D eigenvalue weighted by Crippen LogP contribution is 2.06. The van der Waals surface area contributed by atoms with Gasteiger partial charge in [-0.3, -0.25) is 14.3 Å². The van der Waals surface area contributed by atoms with Gasteiger partial charge in [0.05, 0.1) is 5.56 Å². The molecule has 0 aliphatic rings. The number of carbonyl (C=O) groups is 1. The number of aromatic amines is 1. The fraction of sp³-hybridized carbons (Fsp3) is 0.222. The number of nitrogens with one attached hydrogen (secondary N) is 1. The molecule has 1 heterocycles. The third-order valence-corrected chi connectivity index (χ3v) is 3.48. The summed E-state index contributed by atoms with van der Waals surface area (Å²) < 4.78 is 6.61. The molecule has 1 aromatic heterocycles. The van der Waals surface area contributed by atoms with Gasteiger partial charge in [0.2, 0.25) is 0 Å². The molecule has 6 heteroatoms. The van der Waals surface area contributed by atoms with E-state index in [9.17, 15) is 14.4 Å². The first-order chi connectivity index (χ1) is 11.5. The minimum Gasteiger partial charge on any atom is -0.457 e. The van der Waals surface area contributed by atoms with E-state index >= 15 is 0 Å². The lowest BCUT2D eigenvalue weighted by atomic mass is 10.2. The smallest absolute Gasteiger partial charge is 0.338 e. The molecule has 0 spiro atoms. The van der Waals surface area contributed by atoms with E-state index in [0.29, 0.717) is 29.7 Å². The van der Waals surface area contributed by atoms with E-state index in [-0.39, 0.29) is 6.61 Å². The number of H-pyrrole nitrogens is 1. The minimum absolute atomic E-state index is 0.0499. The summed E-state index contributed by atoms with van der Waals surface area (Å²) in [6.45, 7) is 5.59. The van der Waals surface area contributed by atoms with Crippen molar-refractivity contribution in [3.8, 4) is 0 Å². The monoisotopic (exact) mass is 326 g/mol. The molecular weight excluding hydrogens is 308 g/mol. The first-order valence-electron chi connectivity index (χ1n) is 7.41. The minimum atomic E-state index is -0.477. The van der Waals surface area contributed by atoms with Gasteiger partial charge in [-0.2, -0.15) is 0 Å². The zero-order valence-corrected chi connectivity index (χ0v) is 13.4. The van der Waals surface area contributed by atoms with E-state index in [2.05, 4.69) is 17.3 Å². The second-order valence-corrected chi connectivity index (χ2v) is 5.24. The van der Waals surface area contributed by atoms with Crippen LogP contribution in [0.1, 0.15) is 22.3 Å². The Labute approximate surface area is 138 Å². The molecule has 6 nitrogen and oxygen atoms in total. The summed E-state index contributed by atoms with van der Waals surface area (Å²) in [5.41, 5.74) is 3.44. The van der Waals surface area contributed by atoms with Crippen molar-refractivity contribution < 1.29 is 9.53 Å². The predicted molar refractivity (Wildman–Crippen MR) is 90.1 cm³/mol. The summed E-state index contributed by atoms with van der Waals surface area (Å²) >= 11 is 0. The number of esters is 1. The fourth-order valence-electron chi connectivity index (χ4n) is 2.06. The molecule has 24 heavy (non-hydrogen) atoms. The third-order valence-electron chi connectivity index (χ3n) is 3.48. The molecule has 0 saturated heterocycles. The first kappa shape index (κ1) is 17.2. The molecule has 1 N–H and O–H groups in total. The Kier molecular flexibility index (Phi) is 5.71. The van der Waals surface area contributed by atoms with Crippen LogP contribution in [0.5, 0.6) is 0 Å².